The third-order valence-electron chi connectivity index (χ3n) is 4.78. The number of allylic oxidation sites excluding steroid dienone is 1. The van der Waals surface area contributed by atoms with E-state index in [0.29, 0.717) is 5.56 Å². The smallest absolute Gasteiger partial charge is 0.185 e. The summed E-state index contributed by atoms with van der Waals surface area (Å²) in [6.07, 6.45) is 13.5. The van der Waals surface area contributed by atoms with Gasteiger partial charge >= 0.3 is 0 Å². The second-order valence-corrected chi connectivity index (χ2v) is 8.55. The number of hydrogen-bond acceptors (Lipinski definition) is 3. The van der Waals surface area contributed by atoms with Gasteiger partial charge in [-0.1, -0.05) is 69.0 Å². The molecular formula is C25H32O2S. The molecule has 1 unspecified atom stereocenters. The van der Waals surface area contributed by atoms with Crippen LogP contribution in [-0.4, -0.2) is 21.9 Å². The van der Waals surface area contributed by atoms with Crippen LogP contribution in [0.25, 0.3) is 6.08 Å². The number of hydrogen-bond donors (Lipinski definition) is 1. The maximum Gasteiger partial charge on any atom is 0.185 e. The maximum absolute atomic E-state index is 11.8. The summed E-state index contributed by atoms with van der Waals surface area (Å²) in [6, 6.07) is 15.9. The summed E-state index contributed by atoms with van der Waals surface area (Å²) in [5.74, 6) is 1.51. The van der Waals surface area contributed by atoms with Crippen molar-refractivity contribution in [3.05, 3.63) is 71.8 Å². The molecule has 28 heavy (non-hydrogen) atoms. The minimum atomic E-state index is -0.0751. The molecule has 3 heteroatoms. The van der Waals surface area contributed by atoms with Crippen molar-refractivity contribution in [1.29, 1.82) is 0 Å². The fraction of sp³-hybridized carbons (Fsp3) is 0.400. The van der Waals surface area contributed by atoms with Gasteiger partial charge in [-0.15, -0.1) is 0 Å². The maximum atomic E-state index is 11.8. The first-order valence-corrected chi connectivity index (χ1v) is 11.4. The number of carbonyl (C=O) groups is 1. The molecule has 1 heterocycles. The number of thioether (sulfide) groups is 1. The lowest BCUT2D eigenvalue weighted by atomic mass is 10.1. The third-order valence-corrected chi connectivity index (χ3v) is 6.25. The molecule has 0 amide bonds. The van der Waals surface area contributed by atoms with Crippen LogP contribution >= 0.6 is 11.8 Å². The predicted molar refractivity (Wildman–Crippen MR) is 122 cm³/mol. The van der Waals surface area contributed by atoms with Crippen LogP contribution in [0.15, 0.2) is 60.7 Å². The van der Waals surface area contributed by atoms with Crippen LogP contribution in [0.5, 0.6) is 5.75 Å². The summed E-state index contributed by atoms with van der Waals surface area (Å²) < 4.78 is 0. The Morgan fingerprint density at radius 3 is 2.46 bits per heavy atom. The summed E-state index contributed by atoms with van der Waals surface area (Å²) in [4.78, 5) is 11.8. The van der Waals surface area contributed by atoms with Crippen molar-refractivity contribution in [2.24, 2.45) is 0 Å². The summed E-state index contributed by atoms with van der Waals surface area (Å²) in [5, 5.41) is 10.2. The monoisotopic (exact) mass is 396 g/mol. The van der Waals surface area contributed by atoms with E-state index in [1.165, 1.54) is 68.9 Å². The molecule has 1 aliphatic heterocycles. The van der Waals surface area contributed by atoms with Crippen LogP contribution < -0.4 is 0 Å². The van der Waals surface area contributed by atoms with Gasteiger partial charge in [0.25, 0.3) is 0 Å². The molecule has 2 aromatic carbocycles. The molecule has 1 fully saturated rings. The van der Waals surface area contributed by atoms with Gasteiger partial charge in [-0.3, -0.25) is 4.79 Å². The van der Waals surface area contributed by atoms with Gasteiger partial charge in [0.2, 0.25) is 0 Å². The molecule has 0 spiro atoms. The Bertz CT molecular complexity index is 701. The predicted octanol–water partition coefficient (Wildman–Crippen LogP) is 7.14. The Balaban J connectivity index is 0.000000221. The number of benzene rings is 2. The zero-order valence-electron chi connectivity index (χ0n) is 16.8. The summed E-state index contributed by atoms with van der Waals surface area (Å²) in [6.45, 7) is 2.28. The molecule has 1 atom stereocenters. The lowest BCUT2D eigenvalue weighted by molar-refractivity contribution is 0.104. The van der Waals surface area contributed by atoms with Crippen molar-refractivity contribution in [3.63, 3.8) is 0 Å². The van der Waals surface area contributed by atoms with Gasteiger partial charge in [0, 0.05) is 10.8 Å². The number of ketones is 1. The Morgan fingerprint density at radius 2 is 1.82 bits per heavy atom. The highest BCUT2D eigenvalue weighted by molar-refractivity contribution is 8.00. The highest BCUT2D eigenvalue weighted by Crippen LogP contribution is 2.30. The second-order valence-electron chi connectivity index (χ2n) is 7.14. The van der Waals surface area contributed by atoms with Crippen molar-refractivity contribution < 1.29 is 9.90 Å². The van der Waals surface area contributed by atoms with Gasteiger partial charge in [-0.25, -0.2) is 0 Å². The van der Waals surface area contributed by atoms with Crippen LogP contribution in [0.3, 0.4) is 0 Å². The Labute approximate surface area is 174 Å². The van der Waals surface area contributed by atoms with Gasteiger partial charge in [0.15, 0.2) is 5.78 Å². The van der Waals surface area contributed by atoms with Crippen LogP contribution in [0.2, 0.25) is 0 Å². The lowest BCUT2D eigenvalue weighted by Crippen LogP contribution is -1.95. The fourth-order valence-corrected chi connectivity index (χ4v) is 4.46. The van der Waals surface area contributed by atoms with E-state index in [1.807, 2.05) is 30.3 Å². The Morgan fingerprint density at radius 1 is 1.07 bits per heavy atom. The van der Waals surface area contributed by atoms with Gasteiger partial charge < -0.3 is 5.11 Å². The Kier molecular flexibility index (Phi) is 10.5. The molecule has 0 aliphatic carbocycles. The van der Waals surface area contributed by atoms with Gasteiger partial charge in [-0.2, -0.15) is 11.8 Å². The molecular weight excluding hydrogens is 364 g/mol. The fourth-order valence-electron chi connectivity index (χ4n) is 3.13. The number of phenols is 1. The molecule has 150 valence electrons. The second kappa shape index (κ2) is 13.2. The van der Waals surface area contributed by atoms with E-state index in [0.717, 1.165) is 10.8 Å². The van der Waals surface area contributed by atoms with Gasteiger partial charge in [0.05, 0.1) is 0 Å². The lowest BCUT2D eigenvalue weighted by Gasteiger charge is -2.06. The van der Waals surface area contributed by atoms with Crippen molar-refractivity contribution in [3.8, 4) is 5.75 Å². The van der Waals surface area contributed by atoms with Crippen LogP contribution in [0, 0.1) is 0 Å². The molecule has 1 aliphatic rings. The SMILES string of the molecule is CCCCCCC1CCCS1.O=C(C=Cc1ccccc1)c1ccc(O)cc1. The Hall–Kier alpha value is -2.00. The minimum absolute atomic E-state index is 0.0751. The summed E-state index contributed by atoms with van der Waals surface area (Å²) >= 11 is 2.20. The average Bonchev–Trinajstić information content (AvgIpc) is 3.25. The summed E-state index contributed by atoms with van der Waals surface area (Å²) in [7, 11) is 0. The van der Waals surface area contributed by atoms with E-state index in [2.05, 4.69) is 18.7 Å². The molecule has 0 aromatic heterocycles. The first kappa shape index (κ1) is 22.3. The molecule has 2 nitrogen and oxygen atoms in total. The largest absolute Gasteiger partial charge is 0.508 e. The van der Waals surface area contributed by atoms with E-state index in [-0.39, 0.29) is 11.5 Å². The third kappa shape index (κ3) is 8.79. The van der Waals surface area contributed by atoms with Gasteiger partial charge in [-0.05, 0) is 60.9 Å². The van der Waals surface area contributed by atoms with E-state index >= 15 is 0 Å². The van der Waals surface area contributed by atoms with Crippen LogP contribution in [-0.2, 0) is 0 Å². The molecule has 1 saturated heterocycles. The molecule has 2 aromatic rings. The van der Waals surface area contributed by atoms with Crippen molar-refractivity contribution in [2.45, 2.75) is 57.1 Å². The van der Waals surface area contributed by atoms with E-state index in [4.69, 9.17) is 5.11 Å². The first-order valence-electron chi connectivity index (χ1n) is 10.4. The van der Waals surface area contributed by atoms with Crippen molar-refractivity contribution >= 4 is 23.6 Å². The minimum Gasteiger partial charge on any atom is -0.508 e. The summed E-state index contributed by atoms with van der Waals surface area (Å²) in [5.41, 5.74) is 1.55. The molecule has 0 bridgehead atoms. The zero-order chi connectivity index (χ0) is 20.0. The van der Waals surface area contributed by atoms with Gasteiger partial charge in [0.1, 0.15) is 5.75 Å². The number of unbranched alkanes of at least 4 members (excludes halogenated alkanes) is 3. The number of aromatic hydroxyl groups is 1. The van der Waals surface area contributed by atoms with Crippen molar-refractivity contribution in [2.75, 3.05) is 5.75 Å². The topological polar surface area (TPSA) is 37.3 Å². The molecule has 0 radical (unpaired) electrons. The van der Waals surface area contributed by atoms with E-state index < -0.39 is 0 Å². The zero-order valence-corrected chi connectivity index (χ0v) is 17.7. The average molecular weight is 397 g/mol. The van der Waals surface area contributed by atoms with E-state index in [1.54, 1.807) is 18.2 Å². The first-order chi connectivity index (χ1) is 13.7. The van der Waals surface area contributed by atoms with Crippen LogP contribution in [0.4, 0.5) is 0 Å². The van der Waals surface area contributed by atoms with Crippen molar-refractivity contribution in [1.82, 2.24) is 0 Å². The quantitative estimate of drug-likeness (QED) is 0.293. The molecule has 1 N–H and O–H groups in total. The number of carbonyl (C=O) groups excluding carboxylic acids is 1. The number of phenolic OH excluding ortho intramolecular Hbond substituents is 1. The number of rotatable bonds is 8. The normalized spacial score (nSPS) is 16.0. The van der Waals surface area contributed by atoms with E-state index in [9.17, 15) is 4.79 Å². The molecule has 3 rings (SSSR count). The standard InChI is InChI=1S/C15H12O2.C10H20S/c16-14-9-7-13(8-10-14)15(17)11-6-12-4-2-1-3-5-12;1-2-3-4-5-7-10-8-6-9-11-10/h1-11,16H;10H,2-9H2,1H3. The molecule has 0 saturated carbocycles. The van der Waals surface area contributed by atoms with Crippen LogP contribution in [0.1, 0.15) is 67.8 Å². The highest BCUT2D eigenvalue weighted by Gasteiger charge is 2.14. The highest BCUT2D eigenvalue weighted by atomic mass is 32.2.